The Morgan fingerprint density at radius 2 is 1.97 bits per heavy atom. The van der Waals surface area contributed by atoms with Crippen molar-refractivity contribution in [3.63, 3.8) is 0 Å². The number of furan rings is 1. The molecule has 2 unspecified atom stereocenters. The molecule has 1 N–H and O–H groups in total. The molecule has 1 aliphatic heterocycles. The van der Waals surface area contributed by atoms with Crippen molar-refractivity contribution in [3.8, 4) is 0 Å². The van der Waals surface area contributed by atoms with Gasteiger partial charge in [-0.25, -0.2) is 17.5 Å². The van der Waals surface area contributed by atoms with Crippen LogP contribution < -0.4 is 5.32 Å². The third-order valence-corrected chi connectivity index (χ3v) is 7.35. The van der Waals surface area contributed by atoms with Gasteiger partial charge in [0.15, 0.2) is 0 Å². The smallest absolute Gasteiger partial charge is 0.326 e. The van der Waals surface area contributed by atoms with E-state index >= 15 is 0 Å². The lowest BCUT2D eigenvalue weighted by atomic mass is 9.64. The molecule has 10 nitrogen and oxygen atoms in total. The van der Waals surface area contributed by atoms with Gasteiger partial charge in [-0.2, -0.15) is 0 Å². The molecule has 172 valence electrons. The Morgan fingerprint density at radius 3 is 2.58 bits per heavy atom. The van der Waals surface area contributed by atoms with Crippen LogP contribution in [0.1, 0.15) is 45.8 Å². The SMILES string of the molecule is CC1CC(C)(C)CC2(C1)NC(=O)N(CC(=O)OCc1ccc(S(=O)(=O)N(C)C)o1)C2=O. The van der Waals surface area contributed by atoms with E-state index in [1.165, 1.54) is 26.2 Å². The molecule has 3 amide bonds. The maximum Gasteiger partial charge on any atom is 0.326 e. The Labute approximate surface area is 181 Å². The van der Waals surface area contributed by atoms with Crippen LogP contribution >= 0.6 is 0 Å². The van der Waals surface area contributed by atoms with Crippen LogP contribution in [0.15, 0.2) is 21.6 Å². The molecule has 2 heterocycles. The van der Waals surface area contributed by atoms with Crippen LogP contribution in [-0.2, 0) is 31.0 Å². The fourth-order valence-corrected chi connectivity index (χ4v) is 5.54. The van der Waals surface area contributed by atoms with Gasteiger partial charge in [0.1, 0.15) is 24.5 Å². The lowest BCUT2D eigenvalue weighted by Crippen LogP contribution is -2.54. The number of hydrogen-bond acceptors (Lipinski definition) is 7. The monoisotopic (exact) mass is 455 g/mol. The average molecular weight is 456 g/mol. The molecule has 2 fully saturated rings. The van der Waals surface area contributed by atoms with Crippen LogP contribution in [0.5, 0.6) is 0 Å². The van der Waals surface area contributed by atoms with E-state index in [9.17, 15) is 22.8 Å². The first-order valence-electron chi connectivity index (χ1n) is 10.1. The standard InChI is InChI=1S/C20H29N3O7S/c1-13-8-19(2,3)12-20(9-13)17(25)23(18(26)21-20)10-15(24)29-11-14-6-7-16(30-14)31(27,28)22(4)5/h6-7,13H,8-12H2,1-5H3,(H,21,26). The van der Waals surface area contributed by atoms with Gasteiger partial charge in [0.05, 0.1) is 0 Å². The normalized spacial score (nSPS) is 25.9. The zero-order valence-corrected chi connectivity index (χ0v) is 19.2. The van der Waals surface area contributed by atoms with E-state index in [1.807, 2.05) is 6.92 Å². The van der Waals surface area contributed by atoms with Crippen molar-refractivity contribution in [1.82, 2.24) is 14.5 Å². The van der Waals surface area contributed by atoms with E-state index < -0.39 is 40.0 Å². The quantitative estimate of drug-likeness (QED) is 0.511. The molecule has 1 aliphatic carbocycles. The van der Waals surface area contributed by atoms with Crippen molar-refractivity contribution in [2.24, 2.45) is 11.3 Å². The minimum Gasteiger partial charge on any atom is -0.456 e. The lowest BCUT2D eigenvalue weighted by Gasteiger charge is -2.43. The molecule has 1 saturated carbocycles. The van der Waals surface area contributed by atoms with Crippen molar-refractivity contribution in [2.75, 3.05) is 20.6 Å². The number of nitrogens with one attached hydrogen (secondary N) is 1. The summed E-state index contributed by atoms with van der Waals surface area (Å²) in [5.74, 6) is -0.819. The summed E-state index contributed by atoms with van der Waals surface area (Å²) in [6.07, 6.45) is 1.99. The van der Waals surface area contributed by atoms with Crippen molar-refractivity contribution < 1.29 is 32.0 Å². The number of carbonyl (C=O) groups excluding carboxylic acids is 3. The van der Waals surface area contributed by atoms with Gasteiger partial charge in [0.25, 0.3) is 15.9 Å². The number of imide groups is 1. The number of urea groups is 1. The van der Waals surface area contributed by atoms with Gasteiger partial charge in [-0.1, -0.05) is 20.8 Å². The third kappa shape index (κ3) is 4.62. The van der Waals surface area contributed by atoms with Gasteiger partial charge < -0.3 is 14.5 Å². The molecule has 0 radical (unpaired) electrons. The predicted molar refractivity (Wildman–Crippen MR) is 109 cm³/mol. The highest BCUT2D eigenvalue weighted by Crippen LogP contribution is 2.46. The number of ether oxygens (including phenoxy) is 1. The predicted octanol–water partition coefficient (Wildman–Crippen LogP) is 1.71. The Kier molecular flexibility index (Phi) is 5.96. The molecule has 1 aromatic rings. The van der Waals surface area contributed by atoms with Gasteiger partial charge in [-0.15, -0.1) is 0 Å². The van der Waals surface area contributed by atoms with E-state index in [0.717, 1.165) is 15.6 Å². The van der Waals surface area contributed by atoms with Crippen LogP contribution in [0.25, 0.3) is 0 Å². The molecular formula is C20H29N3O7S. The van der Waals surface area contributed by atoms with E-state index in [2.05, 4.69) is 19.2 Å². The van der Waals surface area contributed by atoms with Gasteiger partial charge in [0, 0.05) is 14.1 Å². The molecule has 2 aliphatic rings. The second kappa shape index (κ2) is 7.94. The highest BCUT2D eigenvalue weighted by molar-refractivity contribution is 7.88. The molecular weight excluding hydrogens is 426 g/mol. The summed E-state index contributed by atoms with van der Waals surface area (Å²) in [5, 5.41) is 2.53. The largest absolute Gasteiger partial charge is 0.456 e. The minimum absolute atomic E-state index is 0.110. The summed E-state index contributed by atoms with van der Waals surface area (Å²) >= 11 is 0. The highest BCUT2D eigenvalue weighted by atomic mass is 32.2. The number of amides is 3. The number of rotatable bonds is 6. The van der Waals surface area contributed by atoms with E-state index in [-0.39, 0.29) is 28.8 Å². The number of esters is 1. The second-order valence-electron chi connectivity index (χ2n) is 9.43. The van der Waals surface area contributed by atoms with E-state index in [1.54, 1.807) is 0 Å². The summed E-state index contributed by atoms with van der Waals surface area (Å²) in [6, 6.07) is 2.05. The summed E-state index contributed by atoms with van der Waals surface area (Å²) in [4.78, 5) is 38.7. The number of carbonyl (C=O) groups is 3. The highest BCUT2D eigenvalue weighted by Gasteiger charge is 2.56. The van der Waals surface area contributed by atoms with Crippen LogP contribution in [0.2, 0.25) is 0 Å². The van der Waals surface area contributed by atoms with Gasteiger partial charge in [0.2, 0.25) is 5.09 Å². The molecule has 0 bridgehead atoms. The molecule has 2 atom stereocenters. The van der Waals surface area contributed by atoms with Gasteiger partial charge in [-0.05, 0) is 42.7 Å². The van der Waals surface area contributed by atoms with Crippen molar-refractivity contribution in [3.05, 3.63) is 17.9 Å². The van der Waals surface area contributed by atoms with Crippen LogP contribution in [0.4, 0.5) is 4.79 Å². The molecule has 1 saturated heterocycles. The minimum atomic E-state index is -3.74. The summed E-state index contributed by atoms with van der Waals surface area (Å²) < 4.78 is 35.4. The molecule has 11 heteroatoms. The molecule has 31 heavy (non-hydrogen) atoms. The van der Waals surface area contributed by atoms with Crippen LogP contribution in [0, 0.1) is 11.3 Å². The van der Waals surface area contributed by atoms with E-state index in [4.69, 9.17) is 9.15 Å². The Hall–Kier alpha value is -2.40. The van der Waals surface area contributed by atoms with Crippen molar-refractivity contribution in [2.45, 2.75) is 57.3 Å². The fourth-order valence-electron chi connectivity index (χ4n) is 4.73. The summed E-state index contributed by atoms with van der Waals surface area (Å²) in [6.45, 7) is 5.34. The van der Waals surface area contributed by atoms with Gasteiger partial charge in [-0.3, -0.25) is 14.5 Å². The van der Waals surface area contributed by atoms with Crippen LogP contribution in [0.3, 0.4) is 0 Å². The first-order chi connectivity index (χ1) is 14.3. The molecule has 3 rings (SSSR count). The van der Waals surface area contributed by atoms with Gasteiger partial charge >= 0.3 is 12.0 Å². The summed E-state index contributed by atoms with van der Waals surface area (Å²) in [7, 11) is -0.994. The number of sulfonamides is 1. The third-order valence-electron chi connectivity index (χ3n) is 5.66. The zero-order valence-electron chi connectivity index (χ0n) is 18.4. The van der Waals surface area contributed by atoms with Crippen molar-refractivity contribution in [1.29, 1.82) is 0 Å². The molecule has 1 spiro atoms. The average Bonchev–Trinajstić information content (AvgIpc) is 3.18. The van der Waals surface area contributed by atoms with Crippen molar-refractivity contribution >= 4 is 27.9 Å². The lowest BCUT2D eigenvalue weighted by molar-refractivity contribution is -0.150. The Balaban J connectivity index is 1.62. The topological polar surface area (TPSA) is 126 Å². The molecule has 0 aromatic carbocycles. The summed E-state index contributed by atoms with van der Waals surface area (Å²) in [5.41, 5.74) is -1.10. The fraction of sp³-hybridized carbons (Fsp3) is 0.650. The number of nitrogens with zero attached hydrogens (tertiary/aromatic N) is 2. The first kappa shape index (κ1) is 23.3. The molecule has 1 aromatic heterocycles. The van der Waals surface area contributed by atoms with Crippen LogP contribution in [-0.4, -0.2) is 61.7 Å². The maximum atomic E-state index is 13.1. The second-order valence-corrected chi connectivity index (χ2v) is 11.5. The van der Waals surface area contributed by atoms with E-state index in [0.29, 0.717) is 12.8 Å². The Bertz CT molecular complexity index is 998. The zero-order chi connectivity index (χ0) is 23.2. The maximum absolute atomic E-state index is 13.1. The number of hydrogen-bond donors (Lipinski definition) is 1. The first-order valence-corrected chi connectivity index (χ1v) is 11.5. The Morgan fingerprint density at radius 1 is 1.29 bits per heavy atom.